The van der Waals surface area contributed by atoms with Crippen LogP contribution in [0.4, 0.5) is 17.1 Å². The molecule has 0 saturated carbocycles. The van der Waals surface area contributed by atoms with E-state index >= 15 is 0 Å². The molecule has 0 aromatic heterocycles. The smallest absolute Gasteiger partial charge is 0.271 e. The fourth-order valence-corrected chi connectivity index (χ4v) is 2.25. The zero-order valence-corrected chi connectivity index (χ0v) is 12.4. The van der Waals surface area contributed by atoms with Gasteiger partial charge in [-0.25, -0.2) is 0 Å². The molecule has 0 aliphatic rings. The molecule has 0 unspecified atom stereocenters. The van der Waals surface area contributed by atoms with Crippen molar-refractivity contribution < 1.29 is 4.92 Å². The molecule has 19 heavy (non-hydrogen) atoms. The van der Waals surface area contributed by atoms with Crippen LogP contribution in [0.3, 0.4) is 0 Å². The molecule has 0 N–H and O–H groups in total. The second kappa shape index (κ2) is 5.59. The van der Waals surface area contributed by atoms with Gasteiger partial charge in [-0.15, -0.1) is 0 Å². The number of non-ortho nitro benzene ring substituents is 1. The average Bonchev–Trinajstić information content (AvgIpc) is 2.38. The number of hydrogen-bond donors (Lipinski definition) is 0. The lowest BCUT2D eigenvalue weighted by atomic mass is 10.2. The first-order valence-electron chi connectivity index (χ1n) is 5.42. The number of anilines is 2. The Morgan fingerprint density at radius 2 is 1.84 bits per heavy atom. The van der Waals surface area contributed by atoms with Crippen LogP contribution in [0, 0.1) is 10.1 Å². The molecule has 0 heterocycles. The second-order valence-electron chi connectivity index (χ2n) is 3.93. The Morgan fingerprint density at radius 1 is 1.21 bits per heavy atom. The molecular weight excluding hydrogens is 332 g/mol. The minimum Gasteiger partial charge on any atom is -0.343 e. The van der Waals surface area contributed by atoms with Gasteiger partial charge in [-0.3, -0.25) is 10.1 Å². The summed E-state index contributed by atoms with van der Waals surface area (Å²) in [6, 6.07) is 12.1. The highest BCUT2D eigenvalue weighted by Gasteiger charge is 2.13. The van der Waals surface area contributed by atoms with Crippen LogP contribution >= 0.6 is 27.5 Å². The molecule has 0 amide bonds. The van der Waals surface area contributed by atoms with E-state index in [4.69, 9.17) is 11.6 Å². The van der Waals surface area contributed by atoms with Crippen molar-refractivity contribution in [2.24, 2.45) is 0 Å². The number of nitro groups is 1. The molecule has 2 rings (SSSR count). The van der Waals surface area contributed by atoms with Gasteiger partial charge in [-0.1, -0.05) is 27.5 Å². The summed E-state index contributed by atoms with van der Waals surface area (Å²) in [7, 11) is 1.86. The number of rotatable bonds is 3. The highest BCUT2D eigenvalue weighted by Crippen LogP contribution is 2.33. The van der Waals surface area contributed by atoms with Crippen LogP contribution in [-0.2, 0) is 0 Å². The summed E-state index contributed by atoms with van der Waals surface area (Å²) < 4.78 is 0.986. The van der Waals surface area contributed by atoms with E-state index in [-0.39, 0.29) is 5.69 Å². The molecule has 98 valence electrons. The van der Waals surface area contributed by atoms with E-state index in [9.17, 15) is 10.1 Å². The van der Waals surface area contributed by atoms with Crippen LogP contribution in [0.15, 0.2) is 46.9 Å². The molecule has 2 aromatic carbocycles. The van der Waals surface area contributed by atoms with E-state index in [2.05, 4.69) is 15.9 Å². The minimum atomic E-state index is -0.463. The molecule has 4 nitrogen and oxygen atoms in total. The van der Waals surface area contributed by atoms with E-state index in [0.717, 1.165) is 15.8 Å². The third-order valence-corrected chi connectivity index (χ3v) is 3.55. The van der Waals surface area contributed by atoms with Gasteiger partial charge in [-0.05, 0) is 30.3 Å². The highest BCUT2D eigenvalue weighted by molar-refractivity contribution is 9.10. The SMILES string of the molecule is CN(c1ccc(Br)cc1)c1ccc([N+](=O)[O-])cc1Cl. The number of nitro benzene ring substituents is 1. The summed E-state index contributed by atoms with van der Waals surface area (Å²) in [5, 5.41) is 11.0. The summed E-state index contributed by atoms with van der Waals surface area (Å²) >= 11 is 9.47. The van der Waals surface area contributed by atoms with E-state index < -0.39 is 4.92 Å². The molecular formula is C13H10BrClN2O2. The van der Waals surface area contributed by atoms with Gasteiger partial charge in [0.25, 0.3) is 5.69 Å². The van der Waals surface area contributed by atoms with Gasteiger partial charge < -0.3 is 4.90 Å². The van der Waals surface area contributed by atoms with Gasteiger partial charge in [0.1, 0.15) is 0 Å². The maximum atomic E-state index is 10.7. The first-order valence-corrected chi connectivity index (χ1v) is 6.59. The standard InChI is InChI=1S/C13H10BrClN2O2/c1-16(10-4-2-9(14)3-5-10)13-7-6-11(17(18)19)8-12(13)15/h2-8H,1H3. The summed E-state index contributed by atoms with van der Waals surface area (Å²) in [6.45, 7) is 0. The van der Waals surface area contributed by atoms with Crippen molar-refractivity contribution in [3.63, 3.8) is 0 Å². The monoisotopic (exact) mass is 340 g/mol. The van der Waals surface area contributed by atoms with Crippen LogP contribution < -0.4 is 4.90 Å². The first kappa shape index (κ1) is 13.8. The van der Waals surface area contributed by atoms with Crippen molar-refractivity contribution in [2.45, 2.75) is 0 Å². The van der Waals surface area contributed by atoms with Gasteiger partial charge in [0, 0.05) is 29.3 Å². The van der Waals surface area contributed by atoms with E-state index in [1.807, 2.05) is 36.2 Å². The van der Waals surface area contributed by atoms with Crippen molar-refractivity contribution in [3.8, 4) is 0 Å². The second-order valence-corrected chi connectivity index (χ2v) is 5.25. The normalized spacial score (nSPS) is 10.3. The van der Waals surface area contributed by atoms with Gasteiger partial charge in [0.05, 0.1) is 15.6 Å². The Bertz CT molecular complexity index is 617. The number of halogens is 2. The quantitative estimate of drug-likeness (QED) is 0.596. The minimum absolute atomic E-state index is 0.0158. The van der Waals surface area contributed by atoms with Gasteiger partial charge in [0.15, 0.2) is 0 Å². The van der Waals surface area contributed by atoms with Crippen LogP contribution in [0.2, 0.25) is 5.02 Å². The Labute approximate surface area is 123 Å². The van der Waals surface area contributed by atoms with Crippen LogP contribution in [0.25, 0.3) is 0 Å². The molecule has 0 radical (unpaired) electrons. The van der Waals surface area contributed by atoms with Gasteiger partial charge in [-0.2, -0.15) is 0 Å². The molecule has 0 aliphatic carbocycles. The van der Waals surface area contributed by atoms with E-state index in [1.54, 1.807) is 6.07 Å². The lowest BCUT2D eigenvalue weighted by Crippen LogP contribution is -2.09. The van der Waals surface area contributed by atoms with Crippen LogP contribution in [0.1, 0.15) is 0 Å². The van der Waals surface area contributed by atoms with Crippen molar-refractivity contribution in [1.29, 1.82) is 0 Å². The Morgan fingerprint density at radius 3 is 2.37 bits per heavy atom. The molecule has 0 aliphatic heterocycles. The van der Waals surface area contributed by atoms with Gasteiger partial charge >= 0.3 is 0 Å². The molecule has 0 saturated heterocycles. The summed E-state index contributed by atoms with van der Waals surface area (Å²) in [6.07, 6.45) is 0. The fourth-order valence-electron chi connectivity index (χ4n) is 1.69. The fraction of sp³-hybridized carbons (Fsp3) is 0.0769. The summed E-state index contributed by atoms with van der Waals surface area (Å²) in [5.74, 6) is 0. The summed E-state index contributed by atoms with van der Waals surface area (Å²) in [4.78, 5) is 12.1. The lowest BCUT2D eigenvalue weighted by molar-refractivity contribution is -0.384. The molecule has 6 heteroatoms. The number of benzene rings is 2. The molecule has 0 bridgehead atoms. The molecule has 2 aromatic rings. The predicted molar refractivity (Wildman–Crippen MR) is 80.3 cm³/mol. The number of nitrogens with zero attached hydrogens (tertiary/aromatic N) is 2. The average molecular weight is 342 g/mol. The van der Waals surface area contributed by atoms with Crippen molar-refractivity contribution in [1.82, 2.24) is 0 Å². The van der Waals surface area contributed by atoms with Crippen molar-refractivity contribution >= 4 is 44.6 Å². The highest BCUT2D eigenvalue weighted by atomic mass is 79.9. The van der Waals surface area contributed by atoms with E-state index in [0.29, 0.717) is 5.02 Å². The molecule has 0 spiro atoms. The van der Waals surface area contributed by atoms with Crippen LogP contribution in [-0.4, -0.2) is 12.0 Å². The van der Waals surface area contributed by atoms with Crippen molar-refractivity contribution in [2.75, 3.05) is 11.9 Å². The Kier molecular flexibility index (Phi) is 4.07. The summed E-state index contributed by atoms with van der Waals surface area (Å²) in [5.41, 5.74) is 1.64. The van der Waals surface area contributed by atoms with Crippen LogP contribution in [0.5, 0.6) is 0 Å². The third kappa shape index (κ3) is 3.05. The number of hydrogen-bond acceptors (Lipinski definition) is 3. The largest absolute Gasteiger partial charge is 0.343 e. The first-order chi connectivity index (χ1) is 8.99. The molecule has 0 atom stereocenters. The maximum Gasteiger partial charge on any atom is 0.271 e. The van der Waals surface area contributed by atoms with Gasteiger partial charge in [0.2, 0.25) is 0 Å². The zero-order valence-electron chi connectivity index (χ0n) is 10.0. The molecule has 0 fully saturated rings. The Hall–Kier alpha value is -1.59. The van der Waals surface area contributed by atoms with E-state index in [1.165, 1.54) is 12.1 Å². The topological polar surface area (TPSA) is 46.4 Å². The lowest BCUT2D eigenvalue weighted by Gasteiger charge is -2.20. The van der Waals surface area contributed by atoms with Crippen molar-refractivity contribution in [3.05, 3.63) is 62.1 Å². The third-order valence-electron chi connectivity index (χ3n) is 2.72. The predicted octanol–water partition coefficient (Wildman–Crippen LogP) is 4.78. The zero-order chi connectivity index (χ0) is 14.0. The Balaban J connectivity index is 2.36. The maximum absolute atomic E-state index is 10.7.